The average Bonchev–Trinajstić information content (AvgIpc) is 2.42. The standard InChI is InChI=1S/C10H11N5O4/c11-14-13-6-5-12-10(16)19-7-8-1-3-9(4-2-8)15(17)18/h1-4H,5-7H2,(H,12,16). The molecule has 0 saturated carbocycles. The molecule has 1 aromatic carbocycles. The second-order valence-corrected chi connectivity index (χ2v) is 3.38. The molecule has 1 rings (SSSR count). The van der Waals surface area contributed by atoms with Gasteiger partial charge in [0.15, 0.2) is 0 Å². The zero-order chi connectivity index (χ0) is 14.1. The Balaban J connectivity index is 2.33. The molecule has 9 heteroatoms. The summed E-state index contributed by atoms with van der Waals surface area (Å²) in [6.07, 6.45) is -0.647. The highest BCUT2D eigenvalue weighted by Gasteiger charge is 2.05. The number of benzene rings is 1. The summed E-state index contributed by atoms with van der Waals surface area (Å²) < 4.78 is 4.85. The summed E-state index contributed by atoms with van der Waals surface area (Å²) in [6.45, 7) is 0.331. The first-order valence-electron chi connectivity index (χ1n) is 5.28. The van der Waals surface area contributed by atoms with Crippen molar-refractivity contribution in [1.29, 1.82) is 0 Å². The van der Waals surface area contributed by atoms with Crippen molar-refractivity contribution in [2.24, 2.45) is 5.11 Å². The molecule has 0 saturated heterocycles. The highest BCUT2D eigenvalue weighted by molar-refractivity contribution is 5.67. The van der Waals surface area contributed by atoms with Crippen molar-refractivity contribution in [3.05, 3.63) is 50.4 Å². The van der Waals surface area contributed by atoms with Gasteiger partial charge >= 0.3 is 6.09 Å². The van der Waals surface area contributed by atoms with E-state index in [1.54, 1.807) is 0 Å². The number of nitro benzene ring substituents is 1. The lowest BCUT2D eigenvalue weighted by Crippen LogP contribution is -2.26. The second kappa shape index (κ2) is 7.51. The Kier molecular flexibility index (Phi) is 5.64. The van der Waals surface area contributed by atoms with Gasteiger partial charge in [0.2, 0.25) is 0 Å². The SMILES string of the molecule is [N-]=[N+]=NCCNC(=O)OCc1ccc([N+](=O)[O-])cc1. The van der Waals surface area contributed by atoms with Crippen LogP contribution in [0.1, 0.15) is 5.56 Å². The summed E-state index contributed by atoms with van der Waals surface area (Å²) in [6, 6.07) is 5.67. The van der Waals surface area contributed by atoms with Crippen molar-refractivity contribution < 1.29 is 14.5 Å². The monoisotopic (exact) mass is 265 g/mol. The number of hydrogen-bond acceptors (Lipinski definition) is 5. The van der Waals surface area contributed by atoms with Gasteiger partial charge in [-0.25, -0.2) is 4.79 Å². The number of amides is 1. The molecule has 1 amide bonds. The molecule has 1 N–H and O–H groups in total. The molecule has 100 valence electrons. The molecule has 0 aliphatic heterocycles. The fourth-order valence-corrected chi connectivity index (χ4v) is 1.17. The minimum absolute atomic E-state index is 0.00530. The van der Waals surface area contributed by atoms with Crippen LogP contribution in [0.4, 0.5) is 10.5 Å². The Morgan fingerprint density at radius 2 is 2.16 bits per heavy atom. The number of alkyl carbamates (subject to hydrolysis) is 1. The predicted octanol–water partition coefficient (Wildman–Crippen LogP) is 2.13. The van der Waals surface area contributed by atoms with E-state index in [2.05, 4.69) is 15.3 Å². The fourth-order valence-electron chi connectivity index (χ4n) is 1.17. The summed E-state index contributed by atoms with van der Waals surface area (Å²) in [5.41, 5.74) is 8.62. The summed E-state index contributed by atoms with van der Waals surface area (Å²) in [7, 11) is 0. The maximum Gasteiger partial charge on any atom is 0.407 e. The summed E-state index contributed by atoms with van der Waals surface area (Å²) in [5, 5.41) is 16.0. The first-order valence-corrected chi connectivity index (χ1v) is 5.28. The maximum absolute atomic E-state index is 11.2. The lowest BCUT2D eigenvalue weighted by atomic mass is 10.2. The number of nitro groups is 1. The van der Waals surface area contributed by atoms with Crippen LogP contribution in [0.2, 0.25) is 0 Å². The summed E-state index contributed by atoms with van der Waals surface area (Å²) in [5.74, 6) is 0. The number of carbonyl (C=O) groups excluding carboxylic acids is 1. The number of nitrogens with zero attached hydrogens (tertiary/aromatic N) is 4. The minimum atomic E-state index is -0.647. The van der Waals surface area contributed by atoms with E-state index in [1.807, 2.05) is 0 Å². The van der Waals surface area contributed by atoms with Crippen molar-refractivity contribution >= 4 is 11.8 Å². The van der Waals surface area contributed by atoms with Crippen molar-refractivity contribution in [1.82, 2.24) is 5.32 Å². The van der Waals surface area contributed by atoms with E-state index >= 15 is 0 Å². The van der Waals surface area contributed by atoms with Crippen LogP contribution in [-0.4, -0.2) is 24.1 Å². The number of hydrogen-bond donors (Lipinski definition) is 1. The van der Waals surface area contributed by atoms with Gasteiger partial charge < -0.3 is 10.1 Å². The summed E-state index contributed by atoms with van der Waals surface area (Å²) in [4.78, 5) is 23.6. The van der Waals surface area contributed by atoms with E-state index in [4.69, 9.17) is 10.3 Å². The smallest absolute Gasteiger partial charge is 0.407 e. The third-order valence-corrected chi connectivity index (χ3v) is 2.06. The first-order chi connectivity index (χ1) is 9.13. The van der Waals surface area contributed by atoms with Gasteiger partial charge in [0.25, 0.3) is 5.69 Å². The van der Waals surface area contributed by atoms with Crippen LogP contribution < -0.4 is 5.32 Å². The highest BCUT2D eigenvalue weighted by Crippen LogP contribution is 2.12. The number of non-ortho nitro benzene ring substituents is 1. The van der Waals surface area contributed by atoms with Crippen LogP contribution in [-0.2, 0) is 11.3 Å². The maximum atomic E-state index is 11.2. The van der Waals surface area contributed by atoms with Crippen molar-refractivity contribution in [3.8, 4) is 0 Å². The normalized spacial score (nSPS) is 9.26. The Bertz CT molecular complexity index is 495. The van der Waals surface area contributed by atoms with Gasteiger partial charge in [-0.05, 0) is 23.2 Å². The molecule has 19 heavy (non-hydrogen) atoms. The van der Waals surface area contributed by atoms with Gasteiger partial charge in [-0.2, -0.15) is 0 Å². The van der Waals surface area contributed by atoms with Gasteiger partial charge in [0, 0.05) is 30.1 Å². The Labute approximate surface area is 108 Å². The third-order valence-electron chi connectivity index (χ3n) is 2.06. The van der Waals surface area contributed by atoms with Crippen LogP contribution >= 0.6 is 0 Å². The number of nitrogens with one attached hydrogen (secondary N) is 1. The number of ether oxygens (including phenoxy) is 1. The van der Waals surface area contributed by atoms with Gasteiger partial charge in [0.05, 0.1) is 4.92 Å². The zero-order valence-corrected chi connectivity index (χ0v) is 9.85. The Morgan fingerprint density at radius 3 is 2.74 bits per heavy atom. The second-order valence-electron chi connectivity index (χ2n) is 3.38. The molecule has 0 aromatic heterocycles. The first kappa shape index (κ1) is 14.3. The van der Waals surface area contributed by atoms with Gasteiger partial charge in [-0.3, -0.25) is 10.1 Å². The van der Waals surface area contributed by atoms with E-state index < -0.39 is 11.0 Å². The topological polar surface area (TPSA) is 130 Å². The number of carbonyl (C=O) groups is 1. The van der Waals surface area contributed by atoms with Crippen molar-refractivity contribution in [3.63, 3.8) is 0 Å². The molecule has 0 fully saturated rings. The lowest BCUT2D eigenvalue weighted by molar-refractivity contribution is -0.384. The molecule has 9 nitrogen and oxygen atoms in total. The molecule has 0 aliphatic rings. The van der Waals surface area contributed by atoms with Crippen LogP contribution in [0.25, 0.3) is 10.4 Å². The average molecular weight is 265 g/mol. The zero-order valence-electron chi connectivity index (χ0n) is 9.85. The number of rotatable bonds is 6. The minimum Gasteiger partial charge on any atom is -0.445 e. The van der Waals surface area contributed by atoms with Crippen LogP contribution in [0.3, 0.4) is 0 Å². The van der Waals surface area contributed by atoms with Gasteiger partial charge in [-0.1, -0.05) is 5.11 Å². The van der Waals surface area contributed by atoms with Crippen molar-refractivity contribution in [2.75, 3.05) is 13.1 Å². The molecule has 1 aromatic rings. The fraction of sp³-hybridized carbons (Fsp3) is 0.300. The van der Waals surface area contributed by atoms with E-state index in [0.29, 0.717) is 5.56 Å². The molecular weight excluding hydrogens is 254 g/mol. The van der Waals surface area contributed by atoms with Crippen LogP contribution in [0, 0.1) is 10.1 Å². The lowest BCUT2D eigenvalue weighted by Gasteiger charge is -2.05. The molecule has 0 aliphatic carbocycles. The highest BCUT2D eigenvalue weighted by atomic mass is 16.6. The van der Waals surface area contributed by atoms with Crippen LogP contribution in [0.15, 0.2) is 29.4 Å². The predicted molar refractivity (Wildman–Crippen MR) is 65.3 cm³/mol. The molecular formula is C10H11N5O4. The Hall–Kier alpha value is -2.80. The van der Waals surface area contributed by atoms with E-state index in [0.717, 1.165) is 0 Å². The molecule has 0 radical (unpaired) electrons. The van der Waals surface area contributed by atoms with E-state index in [1.165, 1.54) is 24.3 Å². The molecule has 0 atom stereocenters. The van der Waals surface area contributed by atoms with Crippen LogP contribution in [0.5, 0.6) is 0 Å². The molecule has 0 spiro atoms. The largest absolute Gasteiger partial charge is 0.445 e. The Morgan fingerprint density at radius 1 is 1.47 bits per heavy atom. The summed E-state index contributed by atoms with van der Waals surface area (Å²) >= 11 is 0. The van der Waals surface area contributed by atoms with E-state index in [9.17, 15) is 14.9 Å². The molecule has 0 heterocycles. The third kappa shape index (κ3) is 5.37. The van der Waals surface area contributed by atoms with Gasteiger partial charge in [-0.15, -0.1) is 0 Å². The molecule has 0 unspecified atom stereocenters. The van der Waals surface area contributed by atoms with Crippen molar-refractivity contribution in [2.45, 2.75) is 6.61 Å². The van der Waals surface area contributed by atoms with E-state index in [-0.39, 0.29) is 25.4 Å². The quantitative estimate of drug-likeness (QED) is 0.211. The molecule has 0 bridgehead atoms. The van der Waals surface area contributed by atoms with Gasteiger partial charge in [0.1, 0.15) is 6.61 Å². The number of azide groups is 1.